The van der Waals surface area contributed by atoms with Crippen LogP contribution in [0.5, 0.6) is 0 Å². The number of hydrogen-bond acceptors (Lipinski definition) is 3. The molecule has 0 aliphatic carbocycles. The summed E-state index contributed by atoms with van der Waals surface area (Å²) >= 11 is 3.37. The summed E-state index contributed by atoms with van der Waals surface area (Å²) < 4.78 is 5.75. The Hall–Kier alpha value is -1.40. The highest BCUT2D eigenvalue weighted by atomic mass is 79.9. The van der Waals surface area contributed by atoms with Gasteiger partial charge in [0.1, 0.15) is 0 Å². The van der Waals surface area contributed by atoms with Crippen LogP contribution >= 0.6 is 15.9 Å². The summed E-state index contributed by atoms with van der Waals surface area (Å²) in [7, 11) is 1.58. The normalized spacial score (nSPS) is 10.2. The van der Waals surface area contributed by atoms with E-state index in [0.29, 0.717) is 19.7 Å². The average molecular weight is 343 g/mol. The van der Waals surface area contributed by atoms with E-state index in [1.165, 1.54) is 6.92 Å². The van der Waals surface area contributed by atoms with Gasteiger partial charge in [0.05, 0.1) is 6.61 Å². The van der Waals surface area contributed by atoms with Crippen LogP contribution in [0.15, 0.2) is 28.7 Å². The molecule has 0 bridgehead atoms. The first-order valence-electron chi connectivity index (χ1n) is 6.34. The third kappa shape index (κ3) is 5.71. The third-order valence-corrected chi connectivity index (χ3v) is 3.18. The van der Waals surface area contributed by atoms with Crippen LogP contribution in [0, 0.1) is 0 Å². The van der Waals surface area contributed by atoms with E-state index in [2.05, 4.69) is 21.2 Å². The van der Waals surface area contributed by atoms with E-state index in [4.69, 9.17) is 4.74 Å². The number of carbonyl (C=O) groups excluding carboxylic acids is 2. The Bertz CT molecular complexity index is 465. The molecular formula is C14H19BrN2O3. The van der Waals surface area contributed by atoms with Crippen LogP contribution < -0.4 is 10.2 Å². The molecule has 0 aliphatic heterocycles. The van der Waals surface area contributed by atoms with E-state index in [1.54, 1.807) is 12.0 Å². The van der Waals surface area contributed by atoms with Gasteiger partial charge < -0.3 is 15.0 Å². The summed E-state index contributed by atoms with van der Waals surface area (Å²) in [6, 6.07) is 7.44. The highest BCUT2D eigenvalue weighted by molar-refractivity contribution is 9.10. The molecule has 0 heterocycles. The zero-order valence-corrected chi connectivity index (χ0v) is 13.3. The lowest BCUT2D eigenvalue weighted by Crippen LogP contribution is -2.34. The number of methoxy groups -OCH3 is 1. The molecule has 0 aliphatic rings. The van der Waals surface area contributed by atoms with E-state index < -0.39 is 0 Å². The highest BCUT2D eigenvalue weighted by Crippen LogP contribution is 2.20. The van der Waals surface area contributed by atoms with E-state index in [0.717, 1.165) is 10.2 Å². The Morgan fingerprint density at radius 2 is 2.15 bits per heavy atom. The van der Waals surface area contributed by atoms with Gasteiger partial charge in [-0.25, -0.2) is 0 Å². The second-order valence-corrected chi connectivity index (χ2v) is 5.16. The maximum Gasteiger partial charge on any atom is 0.223 e. The molecule has 1 N–H and O–H groups in total. The monoisotopic (exact) mass is 342 g/mol. The summed E-state index contributed by atoms with van der Waals surface area (Å²) in [5.74, 6) is -0.184. The van der Waals surface area contributed by atoms with Crippen LogP contribution in [-0.4, -0.2) is 38.6 Å². The van der Waals surface area contributed by atoms with E-state index >= 15 is 0 Å². The van der Waals surface area contributed by atoms with Crippen molar-refractivity contribution in [3.05, 3.63) is 28.7 Å². The van der Waals surface area contributed by atoms with Crippen LogP contribution in [-0.2, 0) is 14.3 Å². The van der Waals surface area contributed by atoms with Crippen molar-refractivity contribution in [2.45, 2.75) is 13.3 Å². The Morgan fingerprint density at radius 1 is 1.40 bits per heavy atom. The van der Waals surface area contributed by atoms with Gasteiger partial charge in [0.15, 0.2) is 0 Å². The molecule has 0 unspecified atom stereocenters. The van der Waals surface area contributed by atoms with Crippen molar-refractivity contribution in [3.8, 4) is 0 Å². The number of rotatable bonds is 7. The average Bonchev–Trinajstić information content (AvgIpc) is 2.39. The standard InChI is InChI=1S/C14H19BrN2O3/c1-11(18)17(13-5-3-4-12(15)10-13)8-6-14(19)16-7-9-20-2/h3-5,10H,6-9H2,1-2H3,(H,16,19). The molecule has 6 heteroatoms. The predicted molar refractivity (Wildman–Crippen MR) is 81.7 cm³/mol. The molecule has 0 fully saturated rings. The Morgan fingerprint density at radius 3 is 2.75 bits per heavy atom. The van der Waals surface area contributed by atoms with Crippen molar-refractivity contribution in [1.82, 2.24) is 5.32 Å². The van der Waals surface area contributed by atoms with E-state index in [1.807, 2.05) is 24.3 Å². The lowest BCUT2D eigenvalue weighted by molar-refractivity contribution is -0.121. The SMILES string of the molecule is COCCNC(=O)CCN(C(C)=O)c1cccc(Br)c1. The summed E-state index contributed by atoms with van der Waals surface area (Å²) in [5.41, 5.74) is 0.775. The largest absolute Gasteiger partial charge is 0.383 e. The van der Waals surface area contributed by atoms with E-state index in [9.17, 15) is 9.59 Å². The quantitative estimate of drug-likeness (QED) is 0.770. The highest BCUT2D eigenvalue weighted by Gasteiger charge is 2.13. The van der Waals surface area contributed by atoms with Gasteiger partial charge in [-0.05, 0) is 18.2 Å². The summed E-state index contributed by atoms with van der Waals surface area (Å²) in [5, 5.41) is 2.73. The Balaban J connectivity index is 2.56. The minimum atomic E-state index is -0.0942. The molecule has 20 heavy (non-hydrogen) atoms. The van der Waals surface area contributed by atoms with Crippen molar-refractivity contribution in [1.29, 1.82) is 0 Å². The first-order valence-corrected chi connectivity index (χ1v) is 7.13. The Kier molecular flexibility index (Phi) is 7.25. The van der Waals surface area contributed by atoms with Gasteiger partial charge in [-0.15, -0.1) is 0 Å². The summed E-state index contributed by atoms with van der Waals surface area (Å²) in [4.78, 5) is 24.9. The predicted octanol–water partition coefficient (Wildman–Crippen LogP) is 1.95. The zero-order chi connectivity index (χ0) is 15.0. The number of hydrogen-bond donors (Lipinski definition) is 1. The van der Waals surface area contributed by atoms with Crippen molar-refractivity contribution in [2.75, 3.05) is 31.7 Å². The lowest BCUT2D eigenvalue weighted by Gasteiger charge is -2.21. The first kappa shape index (κ1) is 16.7. The van der Waals surface area contributed by atoms with Gasteiger partial charge >= 0.3 is 0 Å². The van der Waals surface area contributed by atoms with Gasteiger partial charge in [0, 0.05) is 43.7 Å². The van der Waals surface area contributed by atoms with Crippen molar-refractivity contribution < 1.29 is 14.3 Å². The molecule has 1 aromatic rings. The molecule has 0 spiro atoms. The lowest BCUT2D eigenvalue weighted by atomic mass is 10.2. The molecular weight excluding hydrogens is 324 g/mol. The topological polar surface area (TPSA) is 58.6 Å². The number of carbonyl (C=O) groups is 2. The fraction of sp³-hybridized carbons (Fsp3) is 0.429. The minimum absolute atomic E-state index is 0.0900. The van der Waals surface area contributed by atoms with Gasteiger partial charge in [-0.1, -0.05) is 22.0 Å². The molecule has 0 radical (unpaired) electrons. The summed E-state index contributed by atoms with van der Waals surface area (Å²) in [6.45, 7) is 2.80. The molecule has 0 saturated heterocycles. The molecule has 0 aromatic heterocycles. The maximum absolute atomic E-state index is 11.7. The molecule has 1 rings (SSSR count). The second-order valence-electron chi connectivity index (χ2n) is 4.24. The van der Waals surface area contributed by atoms with Crippen LogP contribution in [0.1, 0.15) is 13.3 Å². The van der Waals surface area contributed by atoms with Crippen LogP contribution in [0.3, 0.4) is 0 Å². The summed E-state index contributed by atoms with van der Waals surface area (Å²) in [6.07, 6.45) is 0.260. The van der Waals surface area contributed by atoms with Gasteiger partial charge in [0.25, 0.3) is 0 Å². The van der Waals surface area contributed by atoms with Crippen LogP contribution in [0.25, 0.3) is 0 Å². The molecule has 0 saturated carbocycles. The van der Waals surface area contributed by atoms with Crippen molar-refractivity contribution in [3.63, 3.8) is 0 Å². The number of halogens is 1. The zero-order valence-electron chi connectivity index (χ0n) is 11.7. The van der Waals surface area contributed by atoms with Crippen LogP contribution in [0.2, 0.25) is 0 Å². The fourth-order valence-electron chi connectivity index (χ4n) is 1.71. The van der Waals surface area contributed by atoms with Crippen molar-refractivity contribution in [2.24, 2.45) is 0 Å². The van der Waals surface area contributed by atoms with Gasteiger partial charge in [-0.3, -0.25) is 9.59 Å². The minimum Gasteiger partial charge on any atom is -0.383 e. The first-order chi connectivity index (χ1) is 9.54. The molecule has 5 nitrogen and oxygen atoms in total. The van der Waals surface area contributed by atoms with Crippen LogP contribution in [0.4, 0.5) is 5.69 Å². The molecule has 2 amide bonds. The fourth-order valence-corrected chi connectivity index (χ4v) is 2.09. The van der Waals surface area contributed by atoms with Gasteiger partial charge in [-0.2, -0.15) is 0 Å². The number of ether oxygens (including phenoxy) is 1. The van der Waals surface area contributed by atoms with Gasteiger partial charge in [0.2, 0.25) is 11.8 Å². The van der Waals surface area contributed by atoms with E-state index in [-0.39, 0.29) is 18.2 Å². The number of nitrogens with zero attached hydrogens (tertiary/aromatic N) is 1. The second kappa shape index (κ2) is 8.71. The van der Waals surface area contributed by atoms with Crippen molar-refractivity contribution >= 4 is 33.4 Å². The number of benzene rings is 1. The smallest absolute Gasteiger partial charge is 0.223 e. The number of amides is 2. The molecule has 0 atom stereocenters. The number of anilines is 1. The maximum atomic E-state index is 11.7. The Labute approximate surface area is 127 Å². The number of nitrogens with one attached hydrogen (secondary N) is 1. The molecule has 1 aromatic carbocycles. The third-order valence-electron chi connectivity index (χ3n) is 2.69. The molecule has 110 valence electrons.